The summed E-state index contributed by atoms with van der Waals surface area (Å²) in [7, 11) is 2.18. The van der Waals surface area contributed by atoms with E-state index in [9.17, 15) is 0 Å². The third-order valence-electron chi connectivity index (χ3n) is 4.44. The van der Waals surface area contributed by atoms with E-state index in [1.807, 2.05) is 0 Å². The molecular formula is C14H25ClN4O. The van der Waals surface area contributed by atoms with Crippen LogP contribution in [0.2, 0.25) is 0 Å². The Labute approximate surface area is 126 Å². The SMILES string of the molecule is CCCc1noc(CN(C)C2CC3CCC(C2)N3)n1.Cl. The highest BCUT2D eigenvalue weighted by atomic mass is 35.5. The van der Waals surface area contributed by atoms with E-state index in [0.717, 1.165) is 43.2 Å². The molecule has 114 valence electrons. The van der Waals surface area contributed by atoms with Gasteiger partial charge in [0, 0.05) is 24.5 Å². The van der Waals surface area contributed by atoms with Crippen molar-refractivity contribution in [1.82, 2.24) is 20.4 Å². The summed E-state index contributed by atoms with van der Waals surface area (Å²) in [6, 6.07) is 2.11. The van der Waals surface area contributed by atoms with Crippen LogP contribution in [-0.2, 0) is 13.0 Å². The second kappa shape index (κ2) is 6.87. The quantitative estimate of drug-likeness (QED) is 0.903. The van der Waals surface area contributed by atoms with Crippen LogP contribution in [0.3, 0.4) is 0 Å². The topological polar surface area (TPSA) is 54.2 Å². The normalized spacial score (nSPS) is 28.6. The molecular weight excluding hydrogens is 276 g/mol. The average Bonchev–Trinajstić information content (AvgIpc) is 2.97. The van der Waals surface area contributed by atoms with E-state index in [1.54, 1.807) is 0 Å². The Balaban J connectivity index is 0.00000147. The molecule has 0 amide bonds. The number of halogens is 1. The third kappa shape index (κ3) is 3.51. The van der Waals surface area contributed by atoms with Gasteiger partial charge in [-0.15, -0.1) is 12.4 Å². The van der Waals surface area contributed by atoms with Crippen molar-refractivity contribution in [1.29, 1.82) is 0 Å². The fraction of sp³-hybridized carbons (Fsp3) is 0.857. The summed E-state index contributed by atoms with van der Waals surface area (Å²) in [6.45, 7) is 2.91. The minimum atomic E-state index is 0. The molecule has 2 aliphatic rings. The predicted molar refractivity (Wildman–Crippen MR) is 80.0 cm³/mol. The van der Waals surface area contributed by atoms with Crippen LogP contribution in [-0.4, -0.2) is 40.2 Å². The summed E-state index contributed by atoms with van der Waals surface area (Å²) in [5.41, 5.74) is 0. The second-order valence-corrected chi connectivity index (χ2v) is 6.03. The molecule has 2 atom stereocenters. The van der Waals surface area contributed by atoms with Gasteiger partial charge in [-0.1, -0.05) is 12.1 Å². The Hall–Kier alpha value is -0.650. The van der Waals surface area contributed by atoms with Crippen LogP contribution < -0.4 is 5.32 Å². The number of aryl methyl sites for hydroxylation is 1. The molecule has 1 aromatic heterocycles. The van der Waals surface area contributed by atoms with E-state index in [4.69, 9.17) is 4.52 Å². The smallest absolute Gasteiger partial charge is 0.240 e. The fourth-order valence-electron chi connectivity index (χ4n) is 3.41. The molecule has 1 aromatic rings. The first-order chi connectivity index (χ1) is 9.24. The van der Waals surface area contributed by atoms with Crippen molar-refractivity contribution in [3.63, 3.8) is 0 Å². The number of aromatic nitrogens is 2. The van der Waals surface area contributed by atoms with Crippen molar-refractivity contribution in [3.05, 3.63) is 11.7 Å². The monoisotopic (exact) mass is 300 g/mol. The largest absolute Gasteiger partial charge is 0.338 e. The molecule has 2 unspecified atom stereocenters. The predicted octanol–water partition coefficient (Wildman–Crippen LogP) is 2.16. The molecule has 2 fully saturated rings. The Morgan fingerprint density at radius 1 is 1.30 bits per heavy atom. The Morgan fingerprint density at radius 3 is 2.65 bits per heavy atom. The number of piperidine rings is 1. The zero-order valence-electron chi connectivity index (χ0n) is 12.3. The molecule has 6 heteroatoms. The third-order valence-corrected chi connectivity index (χ3v) is 4.44. The van der Waals surface area contributed by atoms with Gasteiger partial charge in [-0.25, -0.2) is 0 Å². The van der Waals surface area contributed by atoms with E-state index in [2.05, 4.69) is 34.3 Å². The summed E-state index contributed by atoms with van der Waals surface area (Å²) in [6.07, 6.45) is 7.16. The van der Waals surface area contributed by atoms with Gasteiger partial charge in [-0.05, 0) is 39.2 Å². The maximum Gasteiger partial charge on any atom is 0.240 e. The summed E-state index contributed by atoms with van der Waals surface area (Å²) < 4.78 is 5.33. The lowest BCUT2D eigenvalue weighted by Gasteiger charge is -2.34. The number of nitrogens with zero attached hydrogens (tertiary/aromatic N) is 3. The van der Waals surface area contributed by atoms with Crippen LogP contribution >= 0.6 is 12.4 Å². The average molecular weight is 301 g/mol. The van der Waals surface area contributed by atoms with Gasteiger partial charge in [0.15, 0.2) is 5.82 Å². The second-order valence-electron chi connectivity index (χ2n) is 6.03. The van der Waals surface area contributed by atoms with Gasteiger partial charge in [-0.2, -0.15) is 4.98 Å². The molecule has 5 nitrogen and oxygen atoms in total. The molecule has 1 N–H and O–H groups in total. The molecule has 0 radical (unpaired) electrons. The summed E-state index contributed by atoms with van der Waals surface area (Å²) in [4.78, 5) is 6.84. The Kier molecular flexibility index (Phi) is 5.41. The molecule has 2 saturated heterocycles. The van der Waals surface area contributed by atoms with Crippen LogP contribution in [0.25, 0.3) is 0 Å². The first kappa shape index (κ1) is 15.7. The van der Waals surface area contributed by atoms with Crippen molar-refractivity contribution >= 4 is 12.4 Å². The molecule has 2 aliphatic heterocycles. The van der Waals surface area contributed by atoms with E-state index in [1.165, 1.54) is 25.7 Å². The highest BCUT2D eigenvalue weighted by Gasteiger charge is 2.35. The van der Waals surface area contributed by atoms with Crippen molar-refractivity contribution in [2.75, 3.05) is 7.05 Å². The first-order valence-corrected chi connectivity index (χ1v) is 7.52. The number of hydrogen-bond acceptors (Lipinski definition) is 5. The summed E-state index contributed by atoms with van der Waals surface area (Å²) in [5, 5.41) is 7.70. The van der Waals surface area contributed by atoms with Gasteiger partial charge in [-0.3, -0.25) is 4.90 Å². The van der Waals surface area contributed by atoms with Gasteiger partial charge in [0.25, 0.3) is 0 Å². The van der Waals surface area contributed by atoms with Gasteiger partial charge < -0.3 is 9.84 Å². The molecule has 0 saturated carbocycles. The maximum absolute atomic E-state index is 5.33. The lowest BCUT2D eigenvalue weighted by Crippen LogP contribution is -2.46. The minimum absolute atomic E-state index is 0. The van der Waals surface area contributed by atoms with Gasteiger partial charge >= 0.3 is 0 Å². The van der Waals surface area contributed by atoms with E-state index in [-0.39, 0.29) is 12.4 Å². The van der Waals surface area contributed by atoms with Crippen molar-refractivity contribution in [2.24, 2.45) is 0 Å². The number of nitrogens with one attached hydrogen (secondary N) is 1. The highest BCUT2D eigenvalue weighted by Crippen LogP contribution is 2.29. The maximum atomic E-state index is 5.33. The zero-order valence-corrected chi connectivity index (χ0v) is 13.2. The summed E-state index contributed by atoms with van der Waals surface area (Å²) in [5.74, 6) is 1.60. The van der Waals surface area contributed by atoms with Crippen molar-refractivity contribution in [3.8, 4) is 0 Å². The minimum Gasteiger partial charge on any atom is -0.338 e. The van der Waals surface area contributed by atoms with Gasteiger partial charge in [0.2, 0.25) is 5.89 Å². The number of rotatable bonds is 5. The molecule has 20 heavy (non-hydrogen) atoms. The fourth-order valence-corrected chi connectivity index (χ4v) is 3.41. The van der Waals surface area contributed by atoms with Crippen LogP contribution in [0, 0.1) is 0 Å². The summed E-state index contributed by atoms with van der Waals surface area (Å²) >= 11 is 0. The molecule has 0 aliphatic carbocycles. The van der Waals surface area contributed by atoms with E-state index < -0.39 is 0 Å². The van der Waals surface area contributed by atoms with Crippen molar-refractivity contribution < 1.29 is 4.52 Å². The molecule has 0 aromatic carbocycles. The van der Waals surface area contributed by atoms with Crippen LogP contribution in [0.4, 0.5) is 0 Å². The highest BCUT2D eigenvalue weighted by molar-refractivity contribution is 5.85. The molecule has 3 heterocycles. The standard InChI is InChI=1S/C14H24N4O.ClH/c1-3-4-13-16-14(19-17-13)9-18(2)12-7-10-5-6-11(8-12)15-10;/h10-12,15H,3-9H2,1-2H3;1H. The van der Waals surface area contributed by atoms with Gasteiger partial charge in [0.05, 0.1) is 6.54 Å². The molecule has 2 bridgehead atoms. The number of fused-ring (bicyclic) bond motifs is 2. The molecule has 0 spiro atoms. The number of hydrogen-bond donors (Lipinski definition) is 1. The van der Waals surface area contributed by atoms with Crippen LogP contribution in [0.1, 0.15) is 50.7 Å². The Morgan fingerprint density at radius 2 is 2.00 bits per heavy atom. The van der Waals surface area contributed by atoms with Gasteiger partial charge in [0.1, 0.15) is 0 Å². The molecule has 3 rings (SSSR count). The van der Waals surface area contributed by atoms with E-state index >= 15 is 0 Å². The lowest BCUT2D eigenvalue weighted by molar-refractivity contribution is 0.150. The van der Waals surface area contributed by atoms with E-state index in [0.29, 0.717) is 6.04 Å². The Bertz CT molecular complexity index is 413. The van der Waals surface area contributed by atoms with Crippen LogP contribution in [0.5, 0.6) is 0 Å². The first-order valence-electron chi connectivity index (χ1n) is 7.52. The van der Waals surface area contributed by atoms with Crippen LogP contribution in [0.15, 0.2) is 4.52 Å². The van der Waals surface area contributed by atoms with Crippen molar-refractivity contribution in [2.45, 2.75) is 70.1 Å². The lowest BCUT2D eigenvalue weighted by atomic mass is 9.98. The zero-order chi connectivity index (χ0) is 13.2.